The molecule has 0 atom stereocenters. The van der Waals surface area contributed by atoms with Gasteiger partial charge >= 0.3 is 0 Å². The van der Waals surface area contributed by atoms with Crippen LogP contribution in [0.5, 0.6) is 5.75 Å². The first-order valence-corrected chi connectivity index (χ1v) is 12.4. The lowest BCUT2D eigenvalue weighted by Gasteiger charge is -2.56. The van der Waals surface area contributed by atoms with Gasteiger partial charge in [0.15, 0.2) is 0 Å². The first-order valence-electron chi connectivity index (χ1n) is 12.4. The fourth-order valence-electron chi connectivity index (χ4n) is 6.55. The van der Waals surface area contributed by atoms with Gasteiger partial charge < -0.3 is 4.74 Å². The molecule has 158 valence electrons. The molecule has 1 aromatic rings. The Morgan fingerprint density at radius 2 is 1.52 bits per heavy atom. The van der Waals surface area contributed by atoms with Crippen LogP contribution in [0.3, 0.4) is 0 Å². The van der Waals surface area contributed by atoms with Crippen LogP contribution in [0.4, 0.5) is 0 Å². The molecule has 0 amide bonds. The van der Waals surface area contributed by atoms with E-state index in [4.69, 9.17) is 4.74 Å². The second-order valence-corrected chi connectivity index (χ2v) is 10.3. The summed E-state index contributed by atoms with van der Waals surface area (Å²) in [6, 6.07) is 8.39. The van der Waals surface area contributed by atoms with Gasteiger partial charge in [-0.25, -0.2) is 0 Å². The lowest BCUT2D eigenvalue weighted by Crippen LogP contribution is -2.45. The largest absolute Gasteiger partial charge is 0.494 e. The Morgan fingerprint density at radius 3 is 2.10 bits per heavy atom. The van der Waals surface area contributed by atoms with Crippen LogP contribution in [0, 0.1) is 34.5 Å². The van der Waals surface area contributed by atoms with Crippen LogP contribution in [0.1, 0.15) is 103 Å². The van der Waals surface area contributed by atoms with E-state index in [9.17, 15) is 0 Å². The predicted octanol–water partition coefficient (Wildman–Crippen LogP) is 7.77. The highest BCUT2D eigenvalue weighted by atomic mass is 16.5. The smallest absolute Gasteiger partial charge is 0.119 e. The standard InChI is InChI=1S/C28H40O/c1-3-5-23-6-10-25(11-7-23)28-19-16-27(17-20-28,18-21-28)15-14-24-8-12-26(13-9-24)29-22-4-2/h8-9,12-13,23,25H,3-7,10-11,16-22H2,1-2H3. The van der Waals surface area contributed by atoms with Crippen molar-refractivity contribution in [3.05, 3.63) is 29.8 Å². The van der Waals surface area contributed by atoms with E-state index in [1.165, 1.54) is 77.0 Å². The van der Waals surface area contributed by atoms with Gasteiger partial charge in [0.25, 0.3) is 0 Å². The lowest BCUT2D eigenvalue weighted by molar-refractivity contribution is -0.0378. The van der Waals surface area contributed by atoms with E-state index in [2.05, 4.69) is 50.0 Å². The van der Waals surface area contributed by atoms with Crippen LogP contribution in [-0.2, 0) is 0 Å². The molecular formula is C28H40O. The summed E-state index contributed by atoms with van der Waals surface area (Å²) in [6.45, 7) is 5.28. The maximum absolute atomic E-state index is 5.69. The molecule has 0 heterocycles. The van der Waals surface area contributed by atoms with E-state index >= 15 is 0 Å². The minimum Gasteiger partial charge on any atom is -0.494 e. The third-order valence-corrected chi connectivity index (χ3v) is 8.51. The van der Waals surface area contributed by atoms with Gasteiger partial charge in [0.05, 0.1) is 6.61 Å². The molecule has 1 nitrogen and oxygen atoms in total. The molecule has 0 radical (unpaired) electrons. The van der Waals surface area contributed by atoms with E-state index in [0.29, 0.717) is 10.8 Å². The van der Waals surface area contributed by atoms with Crippen molar-refractivity contribution in [3.63, 3.8) is 0 Å². The van der Waals surface area contributed by atoms with Crippen LogP contribution < -0.4 is 4.74 Å². The topological polar surface area (TPSA) is 9.23 Å². The molecule has 29 heavy (non-hydrogen) atoms. The van der Waals surface area contributed by atoms with E-state index in [0.717, 1.165) is 36.2 Å². The molecule has 0 spiro atoms. The van der Waals surface area contributed by atoms with Gasteiger partial charge in [0, 0.05) is 11.0 Å². The molecule has 0 aromatic heterocycles. The monoisotopic (exact) mass is 392 g/mol. The maximum Gasteiger partial charge on any atom is 0.119 e. The van der Waals surface area contributed by atoms with Gasteiger partial charge in [-0.3, -0.25) is 0 Å². The van der Waals surface area contributed by atoms with Crippen LogP contribution in [0.2, 0.25) is 0 Å². The van der Waals surface area contributed by atoms with Crippen LogP contribution in [0.15, 0.2) is 24.3 Å². The zero-order valence-corrected chi connectivity index (χ0v) is 18.8. The van der Waals surface area contributed by atoms with Gasteiger partial charge in [-0.05, 0) is 99.3 Å². The zero-order valence-electron chi connectivity index (χ0n) is 18.8. The number of ether oxygens (including phenoxy) is 1. The quantitative estimate of drug-likeness (QED) is 0.449. The first-order chi connectivity index (χ1) is 14.2. The number of hydrogen-bond acceptors (Lipinski definition) is 1. The van der Waals surface area contributed by atoms with Crippen molar-refractivity contribution in [1.82, 2.24) is 0 Å². The van der Waals surface area contributed by atoms with E-state index < -0.39 is 0 Å². The fourth-order valence-corrected chi connectivity index (χ4v) is 6.55. The minimum atomic E-state index is 0.304. The number of benzene rings is 1. The number of rotatable bonds is 6. The maximum atomic E-state index is 5.69. The molecule has 1 heteroatoms. The second kappa shape index (κ2) is 9.16. The van der Waals surface area contributed by atoms with E-state index in [1.54, 1.807) is 0 Å². The molecule has 4 aliphatic rings. The van der Waals surface area contributed by atoms with Crippen molar-refractivity contribution in [2.24, 2.45) is 22.7 Å². The number of hydrogen-bond donors (Lipinski definition) is 0. The Balaban J connectivity index is 1.34. The van der Waals surface area contributed by atoms with Gasteiger partial charge in [0.1, 0.15) is 5.75 Å². The molecule has 4 fully saturated rings. The lowest BCUT2D eigenvalue weighted by atomic mass is 9.48. The van der Waals surface area contributed by atoms with Gasteiger partial charge in [-0.2, -0.15) is 0 Å². The van der Waals surface area contributed by atoms with Crippen LogP contribution in [0.25, 0.3) is 0 Å². The molecule has 1 aromatic carbocycles. The summed E-state index contributed by atoms with van der Waals surface area (Å²) < 4.78 is 5.69. The molecule has 2 bridgehead atoms. The highest BCUT2D eigenvalue weighted by molar-refractivity contribution is 5.39. The molecule has 4 aliphatic carbocycles. The Bertz CT molecular complexity index is 686. The van der Waals surface area contributed by atoms with Crippen molar-refractivity contribution in [2.45, 2.75) is 97.3 Å². The molecule has 5 rings (SSSR count). The highest BCUT2D eigenvalue weighted by Gasteiger charge is 2.51. The summed E-state index contributed by atoms with van der Waals surface area (Å²) in [5.74, 6) is 10.3. The Hall–Kier alpha value is -1.42. The van der Waals surface area contributed by atoms with E-state index in [-0.39, 0.29) is 0 Å². The normalized spacial score (nSPS) is 33.7. The van der Waals surface area contributed by atoms with Crippen molar-refractivity contribution in [1.29, 1.82) is 0 Å². The summed E-state index contributed by atoms with van der Waals surface area (Å²) in [5.41, 5.74) is 2.12. The SMILES string of the molecule is CCCOc1ccc(C#CC23CCC(C4CCC(CCC)CC4)(CC2)CC3)cc1. The van der Waals surface area contributed by atoms with E-state index in [1.807, 2.05) is 0 Å². The van der Waals surface area contributed by atoms with Crippen molar-refractivity contribution in [2.75, 3.05) is 6.61 Å². The summed E-state index contributed by atoms with van der Waals surface area (Å²) in [6.07, 6.45) is 18.2. The summed E-state index contributed by atoms with van der Waals surface area (Å²) >= 11 is 0. The number of fused-ring (bicyclic) bond motifs is 3. The zero-order chi connectivity index (χ0) is 20.2. The highest BCUT2D eigenvalue weighted by Crippen LogP contribution is 2.62. The summed E-state index contributed by atoms with van der Waals surface area (Å²) in [4.78, 5) is 0. The molecular weight excluding hydrogens is 352 g/mol. The van der Waals surface area contributed by atoms with Gasteiger partial charge in [-0.1, -0.05) is 51.4 Å². The predicted molar refractivity (Wildman–Crippen MR) is 122 cm³/mol. The third kappa shape index (κ3) is 4.68. The Morgan fingerprint density at radius 1 is 0.862 bits per heavy atom. The van der Waals surface area contributed by atoms with Crippen LogP contribution in [-0.4, -0.2) is 6.61 Å². The minimum absolute atomic E-state index is 0.304. The average Bonchev–Trinajstić information content (AvgIpc) is 2.79. The molecule has 0 N–H and O–H groups in total. The molecule has 4 saturated carbocycles. The van der Waals surface area contributed by atoms with Crippen molar-refractivity contribution in [3.8, 4) is 17.6 Å². The van der Waals surface area contributed by atoms with Gasteiger partial charge in [0.2, 0.25) is 0 Å². The Kier molecular flexibility index (Phi) is 6.58. The average molecular weight is 393 g/mol. The molecule has 0 unspecified atom stereocenters. The second-order valence-electron chi connectivity index (χ2n) is 10.3. The molecule has 0 saturated heterocycles. The van der Waals surface area contributed by atoms with Crippen molar-refractivity contribution >= 4 is 0 Å². The van der Waals surface area contributed by atoms with Crippen LogP contribution >= 0.6 is 0 Å². The summed E-state index contributed by atoms with van der Waals surface area (Å²) in [7, 11) is 0. The van der Waals surface area contributed by atoms with Crippen molar-refractivity contribution < 1.29 is 4.74 Å². The Labute approximate surface area is 179 Å². The first kappa shape index (κ1) is 20.8. The third-order valence-electron chi connectivity index (χ3n) is 8.51. The van der Waals surface area contributed by atoms with Gasteiger partial charge in [-0.15, -0.1) is 0 Å². The summed E-state index contributed by atoms with van der Waals surface area (Å²) in [5, 5.41) is 0. The fraction of sp³-hybridized carbons (Fsp3) is 0.714. The molecule has 0 aliphatic heterocycles.